The van der Waals surface area contributed by atoms with Crippen LogP contribution in [0.25, 0.3) is 0 Å². The van der Waals surface area contributed by atoms with E-state index in [9.17, 15) is 23.3 Å². The monoisotopic (exact) mass is 245 g/mol. The van der Waals surface area contributed by atoms with E-state index in [2.05, 4.69) is 0 Å². The summed E-state index contributed by atoms with van der Waals surface area (Å²) in [5, 5.41) is 19.4. The van der Waals surface area contributed by atoms with Crippen LogP contribution in [0.2, 0.25) is 0 Å². The minimum Gasteiger partial charge on any atom is -0.477 e. The molecule has 16 heavy (non-hydrogen) atoms. The van der Waals surface area contributed by atoms with Gasteiger partial charge in [-0.05, 0) is 12.1 Å². The van der Waals surface area contributed by atoms with Crippen LogP contribution in [0.3, 0.4) is 0 Å². The Labute approximate surface area is 90.4 Å². The van der Waals surface area contributed by atoms with Gasteiger partial charge >= 0.3 is 11.7 Å². The third-order valence-corrected chi connectivity index (χ3v) is 2.94. The van der Waals surface area contributed by atoms with Crippen molar-refractivity contribution < 1.29 is 23.2 Å². The second kappa shape index (κ2) is 3.89. The Bertz CT molecular complexity index is 562. The number of carboxylic acid groups (broad SMARTS) is 1. The highest BCUT2D eigenvalue weighted by atomic mass is 32.2. The third-order valence-electron chi connectivity index (χ3n) is 1.81. The van der Waals surface area contributed by atoms with Crippen LogP contribution in [-0.4, -0.2) is 30.7 Å². The standard InChI is InChI=1S/C8H7NO6S/c1-16(14,15)6-4-2-3-5(8(10)11)7(6)9(12)13/h2-4H,1H3,(H,10,11). The average molecular weight is 245 g/mol. The normalized spacial score (nSPS) is 11.1. The van der Waals surface area contributed by atoms with Crippen LogP contribution in [0, 0.1) is 10.1 Å². The topological polar surface area (TPSA) is 115 Å². The fourth-order valence-electron chi connectivity index (χ4n) is 1.18. The maximum absolute atomic E-state index is 11.2. The van der Waals surface area contributed by atoms with Crippen molar-refractivity contribution >= 4 is 21.5 Å². The maximum Gasteiger partial charge on any atom is 0.342 e. The number of aromatic carboxylic acids is 1. The molecule has 1 aromatic carbocycles. The molecule has 0 saturated carbocycles. The van der Waals surface area contributed by atoms with E-state index in [1.54, 1.807) is 0 Å². The van der Waals surface area contributed by atoms with E-state index in [1.807, 2.05) is 0 Å². The summed E-state index contributed by atoms with van der Waals surface area (Å²) >= 11 is 0. The van der Waals surface area contributed by atoms with E-state index in [1.165, 1.54) is 0 Å². The maximum atomic E-state index is 11.2. The second-order valence-electron chi connectivity index (χ2n) is 2.99. The molecule has 7 nitrogen and oxygen atoms in total. The van der Waals surface area contributed by atoms with Gasteiger partial charge in [0.15, 0.2) is 9.84 Å². The van der Waals surface area contributed by atoms with Crippen molar-refractivity contribution in [1.29, 1.82) is 0 Å². The molecule has 1 N–H and O–H groups in total. The van der Waals surface area contributed by atoms with Crippen molar-refractivity contribution in [3.8, 4) is 0 Å². The smallest absolute Gasteiger partial charge is 0.342 e. The van der Waals surface area contributed by atoms with Gasteiger partial charge in [0, 0.05) is 6.26 Å². The summed E-state index contributed by atoms with van der Waals surface area (Å²) in [6, 6.07) is 3.13. The fraction of sp³-hybridized carbons (Fsp3) is 0.125. The predicted octanol–water partition coefficient (Wildman–Crippen LogP) is 0.697. The molecule has 0 bridgehead atoms. The SMILES string of the molecule is CS(=O)(=O)c1cccc(C(=O)O)c1[N+](=O)[O-]. The molecule has 0 amide bonds. The van der Waals surface area contributed by atoms with E-state index in [-0.39, 0.29) is 0 Å². The summed E-state index contributed by atoms with van der Waals surface area (Å²) < 4.78 is 22.5. The van der Waals surface area contributed by atoms with Crippen LogP contribution in [0.4, 0.5) is 5.69 Å². The third kappa shape index (κ3) is 2.16. The number of nitro groups is 1. The lowest BCUT2D eigenvalue weighted by atomic mass is 10.2. The molecule has 1 aromatic rings. The Morgan fingerprint density at radius 1 is 1.44 bits per heavy atom. The minimum absolute atomic E-state index is 0.600. The van der Waals surface area contributed by atoms with Gasteiger partial charge in [-0.25, -0.2) is 13.2 Å². The molecule has 0 fully saturated rings. The van der Waals surface area contributed by atoms with Crippen LogP contribution in [0.5, 0.6) is 0 Å². The van der Waals surface area contributed by atoms with Crippen LogP contribution in [-0.2, 0) is 9.84 Å². The number of carboxylic acids is 1. The number of sulfone groups is 1. The highest BCUT2D eigenvalue weighted by molar-refractivity contribution is 7.90. The minimum atomic E-state index is -3.84. The first-order valence-corrected chi connectivity index (χ1v) is 5.85. The summed E-state index contributed by atoms with van der Waals surface area (Å²) in [6.07, 6.45) is 0.779. The van der Waals surface area contributed by atoms with Gasteiger partial charge in [-0.15, -0.1) is 0 Å². The van der Waals surface area contributed by atoms with Crippen LogP contribution in [0.1, 0.15) is 10.4 Å². The highest BCUT2D eigenvalue weighted by Crippen LogP contribution is 2.27. The van der Waals surface area contributed by atoms with Gasteiger partial charge in [-0.1, -0.05) is 6.07 Å². The van der Waals surface area contributed by atoms with Gasteiger partial charge in [0.2, 0.25) is 0 Å². The fourth-order valence-corrected chi connectivity index (χ4v) is 2.04. The van der Waals surface area contributed by atoms with Gasteiger partial charge in [-0.3, -0.25) is 10.1 Å². The van der Waals surface area contributed by atoms with E-state index in [0.717, 1.165) is 24.5 Å². The van der Waals surface area contributed by atoms with E-state index < -0.39 is 36.9 Å². The number of para-hydroxylation sites is 1. The summed E-state index contributed by atoms with van der Waals surface area (Å²) in [4.78, 5) is 19.8. The van der Waals surface area contributed by atoms with Crippen LogP contribution >= 0.6 is 0 Å². The molecule has 0 aromatic heterocycles. The molecule has 8 heteroatoms. The van der Waals surface area contributed by atoms with Crippen molar-refractivity contribution in [3.05, 3.63) is 33.9 Å². The molecule has 0 radical (unpaired) electrons. The number of nitrogens with zero attached hydrogens (tertiary/aromatic N) is 1. The van der Waals surface area contributed by atoms with Gasteiger partial charge in [-0.2, -0.15) is 0 Å². The number of carbonyl (C=O) groups is 1. The van der Waals surface area contributed by atoms with Gasteiger partial charge in [0.1, 0.15) is 10.5 Å². The summed E-state index contributed by atoms with van der Waals surface area (Å²) in [5.74, 6) is -1.54. The number of rotatable bonds is 3. The Kier molecular flexibility index (Phi) is 2.95. The molecule has 0 aliphatic carbocycles. The van der Waals surface area contributed by atoms with Crippen molar-refractivity contribution in [2.45, 2.75) is 4.90 Å². The lowest BCUT2D eigenvalue weighted by Gasteiger charge is -2.02. The van der Waals surface area contributed by atoms with Crippen molar-refractivity contribution in [2.75, 3.05) is 6.26 Å². The molecule has 0 unspecified atom stereocenters. The first kappa shape index (κ1) is 12.1. The first-order chi connectivity index (χ1) is 7.25. The van der Waals surface area contributed by atoms with Crippen molar-refractivity contribution in [3.63, 3.8) is 0 Å². The molecule has 0 aliphatic heterocycles. The number of benzene rings is 1. The van der Waals surface area contributed by atoms with Gasteiger partial charge < -0.3 is 5.11 Å². The largest absolute Gasteiger partial charge is 0.477 e. The number of hydrogen-bond donors (Lipinski definition) is 1. The Hall–Kier alpha value is -1.96. The molecular weight excluding hydrogens is 238 g/mol. The zero-order valence-electron chi connectivity index (χ0n) is 8.08. The summed E-state index contributed by atoms with van der Waals surface area (Å²) in [7, 11) is -3.84. The number of hydrogen-bond acceptors (Lipinski definition) is 5. The quantitative estimate of drug-likeness (QED) is 0.619. The Morgan fingerprint density at radius 3 is 2.38 bits per heavy atom. The molecule has 0 heterocycles. The Balaban J connectivity index is 3.72. The summed E-state index contributed by atoms with van der Waals surface area (Å²) in [5.41, 5.74) is -1.55. The lowest BCUT2D eigenvalue weighted by Crippen LogP contribution is -2.08. The van der Waals surface area contributed by atoms with Crippen LogP contribution < -0.4 is 0 Å². The average Bonchev–Trinajstić information content (AvgIpc) is 2.14. The van der Waals surface area contributed by atoms with E-state index in [4.69, 9.17) is 5.11 Å². The summed E-state index contributed by atoms with van der Waals surface area (Å²) in [6.45, 7) is 0. The van der Waals surface area contributed by atoms with Gasteiger partial charge in [0.25, 0.3) is 0 Å². The lowest BCUT2D eigenvalue weighted by molar-refractivity contribution is -0.388. The molecule has 86 valence electrons. The predicted molar refractivity (Wildman–Crippen MR) is 53.2 cm³/mol. The molecular formula is C8H7NO6S. The zero-order chi connectivity index (χ0) is 12.5. The van der Waals surface area contributed by atoms with Gasteiger partial charge in [0.05, 0.1) is 4.92 Å². The second-order valence-corrected chi connectivity index (χ2v) is 4.97. The molecule has 1 rings (SSSR count). The Morgan fingerprint density at radius 2 is 2.00 bits per heavy atom. The number of nitro benzene ring substituents is 1. The van der Waals surface area contributed by atoms with Crippen LogP contribution in [0.15, 0.2) is 23.1 Å². The molecule has 0 spiro atoms. The van der Waals surface area contributed by atoms with Crippen molar-refractivity contribution in [1.82, 2.24) is 0 Å². The molecule has 0 saturated heterocycles. The van der Waals surface area contributed by atoms with E-state index >= 15 is 0 Å². The zero-order valence-corrected chi connectivity index (χ0v) is 8.89. The molecule has 0 aliphatic rings. The molecule has 0 atom stereocenters. The van der Waals surface area contributed by atoms with E-state index in [0.29, 0.717) is 0 Å². The first-order valence-electron chi connectivity index (χ1n) is 3.96. The van der Waals surface area contributed by atoms with Crippen molar-refractivity contribution in [2.24, 2.45) is 0 Å². The highest BCUT2D eigenvalue weighted by Gasteiger charge is 2.28.